The van der Waals surface area contributed by atoms with Gasteiger partial charge in [0.25, 0.3) is 17.4 Å². The van der Waals surface area contributed by atoms with E-state index in [4.69, 9.17) is 14.2 Å². The van der Waals surface area contributed by atoms with Gasteiger partial charge in [-0.1, -0.05) is 0 Å². The van der Waals surface area contributed by atoms with E-state index in [-0.39, 0.29) is 24.0 Å². The van der Waals surface area contributed by atoms with Crippen molar-refractivity contribution in [2.24, 2.45) is 0 Å². The molecule has 33 heavy (non-hydrogen) atoms. The molecule has 0 aliphatic carbocycles. The minimum atomic E-state index is -0.611. The molecular formula is C24H23N3O6. The first-order chi connectivity index (χ1) is 15.8. The van der Waals surface area contributed by atoms with E-state index in [9.17, 15) is 14.4 Å². The minimum absolute atomic E-state index is 0.0263. The molecule has 1 aliphatic rings. The maximum atomic E-state index is 13.3. The van der Waals surface area contributed by atoms with Gasteiger partial charge < -0.3 is 24.4 Å². The van der Waals surface area contributed by atoms with Crippen molar-refractivity contribution in [1.82, 2.24) is 9.47 Å². The number of methoxy groups -OCH3 is 1. The van der Waals surface area contributed by atoms with Crippen LogP contribution in [0.25, 0.3) is 5.69 Å². The van der Waals surface area contributed by atoms with E-state index in [1.165, 1.54) is 22.6 Å². The summed E-state index contributed by atoms with van der Waals surface area (Å²) >= 11 is 0. The number of aromatic nitrogens is 1. The van der Waals surface area contributed by atoms with Crippen LogP contribution in [0.5, 0.6) is 17.2 Å². The molecule has 2 heterocycles. The molecule has 0 saturated heterocycles. The highest BCUT2D eigenvalue weighted by atomic mass is 16.7. The molecule has 0 spiro atoms. The molecule has 3 aromatic rings. The summed E-state index contributed by atoms with van der Waals surface area (Å²) < 4.78 is 17.4. The molecule has 0 radical (unpaired) electrons. The zero-order valence-corrected chi connectivity index (χ0v) is 18.7. The highest BCUT2D eigenvalue weighted by Crippen LogP contribution is 2.33. The molecule has 0 unspecified atom stereocenters. The van der Waals surface area contributed by atoms with Crippen LogP contribution in [0.3, 0.4) is 0 Å². The number of benzene rings is 2. The van der Waals surface area contributed by atoms with Crippen LogP contribution in [-0.2, 0) is 0 Å². The van der Waals surface area contributed by atoms with E-state index in [1.54, 1.807) is 63.6 Å². The van der Waals surface area contributed by atoms with Crippen LogP contribution >= 0.6 is 0 Å². The second kappa shape index (κ2) is 8.70. The number of hydrogen-bond donors (Lipinski definition) is 1. The standard InChI is InChI=1S/C24H23N3O6/c1-14-9-10-27(16-6-8-19-20(12-16)33-13-32-19)24(30)21(14)22(28)25-17-11-15(23(29)26(2)3)5-7-18(17)31-4/h5-12H,13H2,1-4H3,(H,25,28). The third-order valence-electron chi connectivity index (χ3n) is 5.26. The lowest BCUT2D eigenvalue weighted by Crippen LogP contribution is -2.29. The lowest BCUT2D eigenvalue weighted by Gasteiger charge is -2.15. The van der Waals surface area contributed by atoms with Gasteiger partial charge in [0.1, 0.15) is 11.3 Å². The molecule has 0 fully saturated rings. The monoisotopic (exact) mass is 449 g/mol. The predicted molar refractivity (Wildman–Crippen MR) is 122 cm³/mol. The fraction of sp³-hybridized carbons (Fsp3) is 0.208. The number of nitrogens with one attached hydrogen (secondary N) is 1. The van der Waals surface area contributed by atoms with Gasteiger partial charge in [-0.15, -0.1) is 0 Å². The summed E-state index contributed by atoms with van der Waals surface area (Å²) in [6.45, 7) is 1.80. The first kappa shape index (κ1) is 21.9. The van der Waals surface area contributed by atoms with E-state index in [2.05, 4.69) is 5.32 Å². The Balaban J connectivity index is 1.71. The number of amides is 2. The molecule has 0 atom stereocenters. The summed E-state index contributed by atoms with van der Waals surface area (Å²) in [6, 6.07) is 11.5. The van der Waals surface area contributed by atoms with Crippen molar-refractivity contribution in [2.45, 2.75) is 6.92 Å². The summed E-state index contributed by atoms with van der Waals surface area (Å²) in [5.74, 6) is 0.645. The van der Waals surface area contributed by atoms with Crippen LogP contribution in [0.15, 0.2) is 53.5 Å². The number of fused-ring (bicyclic) bond motifs is 1. The van der Waals surface area contributed by atoms with E-state index in [0.29, 0.717) is 34.1 Å². The molecule has 0 saturated carbocycles. The van der Waals surface area contributed by atoms with E-state index in [0.717, 1.165) is 0 Å². The Morgan fingerprint density at radius 1 is 1.06 bits per heavy atom. The number of carbonyl (C=O) groups excluding carboxylic acids is 2. The van der Waals surface area contributed by atoms with Gasteiger partial charge in [-0.25, -0.2) is 0 Å². The zero-order chi connectivity index (χ0) is 23.7. The van der Waals surface area contributed by atoms with Gasteiger partial charge in [-0.2, -0.15) is 0 Å². The van der Waals surface area contributed by atoms with Gasteiger partial charge in [-0.3, -0.25) is 19.0 Å². The van der Waals surface area contributed by atoms with Crippen LogP contribution in [0, 0.1) is 6.92 Å². The maximum absolute atomic E-state index is 13.3. The third-order valence-corrected chi connectivity index (χ3v) is 5.26. The number of hydrogen-bond acceptors (Lipinski definition) is 6. The molecule has 0 bridgehead atoms. The van der Waals surface area contributed by atoms with Crippen LogP contribution in [0.4, 0.5) is 5.69 Å². The largest absolute Gasteiger partial charge is 0.495 e. The minimum Gasteiger partial charge on any atom is -0.495 e. The molecular weight excluding hydrogens is 426 g/mol. The van der Waals surface area contributed by atoms with Crippen molar-refractivity contribution in [2.75, 3.05) is 33.3 Å². The highest BCUT2D eigenvalue weighted by molar-refractivity contribution is 6.06. The van der Waals surface area contributed by atoms with Gasteiger partial charge >= 0.3 is 0 Å². The van der Waals surface area contributed by atoms with Crippen molar-refractivity contribution >= 4 is 17.5 Å². The Morgan fingerprint density at radius 2 is 1.82 bits per heavy atom. The van der Waals surface area contributed by atoms with Gasteiger partial charge in [0.05, 0.1) is 18.5 Å². The predicted octanol–water partition coefficient (Wildman–Crippen LogP) is 2.84. The summed E-state index contributed by atoms with van der Waals surface area (Å²) in [7, 11) is 4.73. The second-order valence-electron chi connectivity index (χ2n) is 7.66. The Morgan fingerprint density at radius 3 is 2.55 bits per heavy atom. The molecule has 1 aliphatic heterocycles. The topological polar surface area (TPSA) is 99.1 Å². The van der Waals surface area contributed by atoms with Gasteiger partial charge in [0, 0.05) is 31.9 Å². The Hall–Kier alpha value is -4.27. The summed E-state index contributed by atoms with van der Waals surface area (Å²) in [4.78, 5) is 40.2. The highest BCUT2D eigenvalue weighted by Gasteiger charge is 2.21. The van der Waals surface area contributed by atoms with Crippen LogP contribution in [0.1, 0.15) is 26.3 Å². The Bertz CT molecular complexity index is 1310. The number of anilines is 1. The fourth-order valence-corrected chi connectivity index (χ4v) is 3.52. The van der Waals surface area contributed by atoms with Crippen LogP contribution < -0.4 is 25.1 Å². The van der Waals surface area contributed by atoms with E-state index >= 15 is 0 Å². The quantitative estimate of drug-likeness (QED) is 0.643. The fourth-order valence-electron chi connectivity index (χ4n) is 3.52. The lowest BCUT2D eigenvalue weighted by atomic mass is 10.1. The first-order valence-corrected chi connectivity index (χ1v) is 10.1. The van der Waals surface area contributed by atoms with Crippen molar-refractivity contribution in [1.29, 1.82) is 0 Å². The molecule has 2 aromatic carbocycles. The number of nitrogens with zero attached hydrogens (tertiary/aromatic N) is 2. The Labute approximate surface area is 190 Å². The van der Waals surface area contributed by atoms with Crippen molar-refractivity contribution in [3.05, 3.63) is 75.7 Å². The van der Waals surface area contributed by atoms with Crippen LogP contribution in [0.2, 0.25) is 0 Å². The number of aryl methyl sites for hydroxylation is 1. The second-order valence-corrected chi connectivity index (χ2v) is 7.66. The van der Waals surface area contributed by atoms with Crippen molar-refractivity contribution in [3.8, 4) is 22.9 Å². The Kier molecular flexibility index (Phi) is 5.78. The normalized spacial score (nSPS) is 11.8. The van der Waals surface area contributed by atoms with Crippen molar-refractivity contribution in [3.63, 3.8) is 0 Å². The van der Waals surface area contributed by atoms with Gasteiger partial charge in [-0.05, 0) is 48.9 Å². The molecule has 4 rings (SSSR count). The first-order valence-electron chi connectivity index (χ1n) is 10.1. The SMILES string of the molecule is COc1ccc(C(=O)N(C)C)cc1NC(=O)c1c(C)ccn(-c2ccc3c(c2)OCO3)c1=O. The maximum Gasteiger partial charge on any atom is 0.268 e. The average molecular weight is 449 g/mol. The summed E-state index contributed by atoms with van der Waals surface area (Å²) in [6.07, 6.45) is 1.60. The van der Waals surface area contributed by atoms with Crippen molar-refractivity contribution < 1.29 is 23.8 Å². The number of ether oxygens (including phenoxy) is 3. The van der Waals surface area contributed by atoms with Crippen LogP contribution in [-0.4, -0.2) is 49.3 Å². The van der Waals surface area contributed by atoms with Gasteiger partial charge in [0.2, 0.25) is 6.79 Å². The zero-order valence-electron chi connectivity index (χ0n) is 18.7. The third kappa shape index (κ3) is 4.12. The molecule has 2 amide bonds. The molecule has 1 N–H and O–H groups in total. The molecule has 1 aromatic heterocycles. The molecule has 170 valence electrons. The number of pyridine rings is 1. The van der Waals surface area contributed by atoms with E-state index < -0.39 is 11.5 Å². The number of carbonyl (C=O) groups is 2. The molecule has 9 heteroatoms. The summed E-state index contributed by atoms with van der Waals surface area (Å²) in [5, 5.41) is 2.72. The van der Waals surface area contributed by atoms with Gasteiger partial charge in [0.15, 0.2) is 11.5 Å². The summed E-state index contributed by atoms with van der Waals surface area (Å²) in [5.41, 5.74) is 1.18. The van der Waals surface area contributed by atoms with E-state index in [1.807, 2.05) is 0 Å². The molecule has 9 nitrogen and oxygen atoms in total. The smallest absolute Gasteiger partial charge is 0.268 e. The lowest BCUT2D eigenvalue weighted by molar-refractivity contribution is 0.0827. The average Bonchev–Trinajstić information content (AvgIpc) is 3.26. The number of rotatable bonds is 5.